The number of carbonyl (C=O) groups is 2. The van der Waals surface area contributed by atoms with Gasteiger partial charge in [0.05, 0.1) is 0 Å². The molecule has 0 unspecified atom stereocenters. The number of nitrogens with one attached hydrogen (secondary N) is 1. The molecule has 0 aliphatic carbocycles. The van der Waals surface area contributed by atoms with Crippen LogP contribution in [0.1, 0.15) is 29.4 Å². The Labute approximate surface area is 171 Å². The molecule has 2 rings (SSSR count). The summed E-state index contributed by atoms with van der Waals surface area (Å²) in [6.07, 6.45) is 2.00. The molecule has 2 aromatic rings. The number of nitriles is 1. The van der Waals surface area contributed by atoms with Crippen LogP contribution in [0.25, 0.3) is 11.8 Å². The van der Waals surface area contributed by atoms with Gasteiger partial charge in [0.1, 0.15) is 11.6 Å². The molecule has 1 amide bonds. The van der Waals surface area contributed by atoms with Crippen molar-refractivity contribution in [3.8, 4) is 11.8 Å². The van der Waals surface area contributed by atoms with Crippen molar-refractivity contribution in [3.05, 3.63) is 71.1 Å². The van der Waals surface area contributed by atoms with E-state index in [1.54, 1.807) is 0 Å². The van der Waals surface area contributed by atoms with Crippen molar-refractivity contribution in [1.29, 1.82) is 5.26 Å². The zero-order chi connectivity index (χ0) is 21.6. The van der Waals surface area contributed by atoms with Gasteiger partial charge in [-0.3, -0.25) is 4.79 Å². The van der Waals surface area contributed by atoms with Crippen LogP contribution in [0.5, 0.6) is 0 Å². The van der Waals surface area contributed by atoms with E-state index in [1.807, 2.05) is 57.2 Å². The first kappa shape index (κ1) is 21.7. The van der Waals surface area contributed by atoms with Crippen molar-refractivity contribution >= 4 is 18.0 Å². The SMILES string of the molecule is C=CCNC(=O)[C@@H](C)OC(=O)/C(C#N)=C/c1cc(C)n(-c2ccc(C)cc2)c1C. The van der Waals surface area contributed by atoms with Crippen LogP contribution in [-0.4, -0.2) is 29.1 Å². The zero-order valence-electron chi connectivity index (χ0n) is 17.2. The normalized spacial score (nSPS) is 12.0. The third-order valence-electron chi connectivity index (χ3n) is 4.48. The largest absolute Gasteiger partial charge is 0.448 e. The molecule has 29 heavy (non-hydrogen) atoms. The van der Waals surface area contributed by atoms with E-state index >= 15 is 0 Å². The first-order valence-corrected chi connectivity index (χ1v) is 9.25. The molecule has 1 aromatic carbocycles. The van der Waals surface area contributed by atoms with E-state index in [4.69, 9.17) is 4.74 Å². The number of amides is 1. The molecular formula is C23H25N3O3. The molecule has 0 saturated heterocycles. The summed E-state index contributed by atoms with van der Waals surface area (Å²) in [4.78, 5) is 24.2. The van der Waals surface area contributed by atoms with Crippen LogP contribution in [0.15, 0.2) is 48.6 Å². The highest BCUT2D eigenvalue weighted by molar-refractivity contribution is 5.99. The van der Waals surface area contributed by atoms with Gasteiger partial charge in [0.25, 0.3) is 5.91 Å². The highest BCUT2D eigenvalue weighted by Gasteiger charge is 2.21. The van der Waals surface area contributed by atoms with Crippen molar-refractivity contribution in [2.75, 3.05) is 6.54 Å². The van der Waals surface area contributed by atoms with Crippen molar-refractivity contribution < 1.29 is 14.3 Å². The van der Waals surface area contributed by atoms with Crippen LogP contribution in [-0.2, 0) is 14.3 Å². The number of aromatic nitrogens is 1. The zero-order valence-corrected chi connectivity index (χ0v) is 17.2. The van der Waals surface area contributed by atoms with E-state index in [0.29, 0.717) is 0 Å². The third-order valence-corrected chi connectivity index (χ3v) is 4.48. The van der Waals surface area contributed by atoms with Crippen LogP contribution < -0.4 is 5.32 Å². The van der Waals surface area contributed by atoms with Gasteiger partial charge in [-0.2, -0.15) is 5.26 Å². The lowest BCUT2D eigenvalue weighted by atomic mass is 10.1. The lowest BCUT2D eigenvalue weighted by Crippen LogP contribution is -2.36. The second-order valence-electron chi connectivity index (χ2n) is 6.75. The number of ether oxygens (including phenoxy) is 1. The van der Waals surface area contributed by atoms with Gasteiger partial charge in [0.2, 0.25) is 0 Å². The molecule has 1 atom stereocenters. The average molecular weight is 391 g/mol. The van der Waals surface area contributed by atoms with Gasteiger partial charge in [-0.05, 0) is 57.5 Å². The number of rotatable bonds is 7. The summed E-state index contributed by atoms with van der Waals surface area (Å²) in [6, 6.07) is 11.9. The number of hydrogen-bond donors (Lipinski definition) is 1. The van der Waals surface area contributed by atoms with Crippen molar-refractivity contribution in [2.24, 2.45) is 0 Å². The topological polar surface area (TPSA) is 84.1 Å². The molecule has 1 N–H and O–H groups in total. The van der Waals surface area contributed by atoms with Crippen LogP contribution in [0.4, 0.5) is 0 Å². The fourth-order valence-electron chi connectivity index (χ4n) is 2.91. The summed E-state index contributed by atoms with van der Waals surface area (Å²) in [6.45, 7) is 11.1. The first-order chi connectivity index (χ1) is 13.8. The highest BCUT2D eigenvalue weighted by Crippen LogP contribution is 2.23. The molecule has 0 fully saturated rings. The molecule has 150 valence electrons. The summed E-state index contributed by atoms with van der Waals surface area (Å²) in [5, 5.41) is 12.0. The highest BCUT2D eigenvalue weighted by atomic mass is 16.5. The monoisotopic (exact) mass is 391 g/mol. The molecule has 1 aromatic heterocycles. The Morgan fingerprint density at radius 2 is 1.93 bits per heavy atom. The number of benzene rings is 1. The third kappa shape index (κ3) is 5.23. The summed E-state index contributed by atoms with van der Waals surface area (Å²) < 4.78 is 7.18. The predicted molar refractivity (Wildman–Crippen MR) is 112 cm³/mol. The molecule has 0 aliphatic heterocycles. The molecule has 0 spiro atoms. The number of nitrogens with zero attached hydrogens (tertiary/aromatic N) is 2. The molecule has 6 heteroatoms. The van der Waals surface area contributed by atoms with E-state index in [9.17, 15) is 14.9 Å². The van der Waals surface area contributed by atoms with Gasteiger partial charge in [0, 0.05) is 23.6 Å². The molecule has 0 bridgehead atoms. The lowest BCUT2D eigenvalue weighted by molar-refractivity contribution is -0.150. The smallest absolute Gasteiger partial charge is 0.349 e. The average Bonchev–Trinajstić information content (AvgIpc) is 2.97. The van der Waals surface area contributed by atoms with Gasteiger partial charge in [-0.1, -0.05) is 23.8 Å². The molecular weight excluding hydrogens is 366 g/mol. The summed E-state index contributed by atoms with van der Waals surface area (Å²) in [5.41, 5.74) is 4.60. The molecule has 6 nitrogen and oxygen atoms in total. The first-order valence-electron chi connectivity index (χ1n) is 9.25. The van der Waals surface area contributed by atoms with Crippen molar-refractivity contribution in [3.63, 3.8) is 0 Å². The number of aryl methyl sites for hydroxylation is 2. The predicted octanol–water partition coefficient (Wildman–Crippen LogP) is 3.54. The van der Waals surface area contributed by atoms with Crippen molar-refractivity contribution in [2.45, 2.75) is 33.8 Å². The summed E-state index contributed by atoms with van der Waals surface area (Å²) >= 11 is 0. The molecule has 0 radical (unpaired) electrons. The Hall–Kier alpha value is -3.59. The van der Waals surface area contributed by atoms with Crippen molar-refractivity contribution in [1.82, 2.24) is 9.88 Å². The van der Waals surface area contributed by atoms with E-state index in [1.165, 1.54) is 19.1 Å². The van der Waals surface area contributed by atoms with E-state index in [-0.39, 0.29) is 12.1 Å². The van der Waals surface area contributed by atoms with Crippen LogP contribution in [0, 0.1) is 32.1 Å². The lowest BCUT2D eigenvalue weighted by Gasteiger charge is -2.12. The maximum atomic E-state index is 12.4. The second-order valence-corrected chi connectivity index (χ2v) is 6.75. The van der Waals surface area contributed by atoms with Gasteiger partial charge in [-0.15, -0.1) is 6.58 Å². The molecule has 0 saturated carbocycles. The van der Waals surface area contributed by atoms with Crippen LogP contribution in [0.2, 0.25) is 0 Å². The summed E-state index contributed by atoms with van der Waals surface area (Å²) in [7, 11) is 0. The van der Waals surface area contributed by atoms with E-state index in [2.05, 4.69) is 16.5 Å². The summed E-state index contributed by atoms with van der Waals surface area (Å²) in [5.74, 6) is -1.29. The Morgan fingerprint density at radius 1 is 1.28 bits per heavy atom. The molecule has 0 aliphatic rings. The van der Waals surface area contributed by atoms with Gasteiger partial charge in [-0.25, -0.2) is 4.79 Å². The Balaban J connectivity index is 2.27. The molecule has 1 heterocycles. The van der Waals surface area contributed by atoms with Gasteiger partial charge >= 0.3 is 5.97 Å². The second kappa shape index (κ2) is 9.56. The minimum absolute atomic E-state index is 0.169. The van der Waals surface area contributed by atoms with Crippen LogP contribution >= 0.6 is 0 Å². The Morgan fingerprint density at radius 3 is 2.52 bits per heavy atom. The van der Waals surface area contributed by atoms with Gasteiger partial charge < -0.3 is 14.6 Å². The quantitative estimate of drug-likeness (QED) is 0.339. The number of esters is 1. The van der Waals surface area contributed by atoms with E-state index in [0.717, 1.165) is 28.2 Å². The van der Waals surface area contributed by atoms with Gasteiger partial charge in [0.15, 0.2) is 6.10 Å². The standard InChI is InChI=1S/C23H25N3O3/c1-6-11-25-22(27)18(5)29-23(28)20(14-24)13-19-12-16(3)26(17(19)4)21-9-7-15(2)8-10-21/h6-10,12-13,18H,1,11H2,2-5H3,(H,25,27)/b20-13+/t18-/m1/s1. The Kier molecular flexibility index (Phi) is 7.15. The maximum absolute atomic E-state index is 12.4. The Bertz CT molecular complexity index is 992. The van der Waals surface area contributed by atoms with E-state index < -0.39 is 18.0 Å². The maximum Gasteiger partial charge on any atom is 0.349 e. The minimum Gasteiger partial charge on any atom is -0.448 e. The minimum atomic E-state index is -1.01. The van der Waals surface area contributed by atoms with Crippen LogP contribution in [0.3, 0.4) is 0 Å². The fourth-order valence-corrected chi connectivity index (χ4v) is 2.91. The number of hydrogen-bond acceptors (Lipinski definition) is 4. The number of carbonyl (C=O) groups excluding carboxylic acids is 2. The fraction of sp³-hybridized carbons (Fsp3) is 0.261.